The topological polar surface area (TPSA) is 49.0 Å². The molecule has 0 spiro atoms. The van der Waals surface area contributed by atoms with Gasteiger partial charge in [0.05, 0.1) is 5.69 Å². The van der Waals surface area contributed by atoms with E-state index in [1.54, 1.807) is 9.88 Å². The number of nitrogens with zero attached hydrogens (tertiary/aromatic N) is 2. The molecule has 1 aliphatic heterocycles. The molecular formula is C15H12F5N3O. The molecule has 9 heteroatoms. The standard InChI is InChI=1S/C15H12F5N3O/c16-10-2-1-8(5-11(10)17)6-23-4-3-9-12(7-23)21-14(15(18,19)20)22-13(9)24/h1-2,5H,3-4,6-7H2,(H,21,22,24). The number of halogens is 5. The zero-order valence-corrected chi connectivity index (χ0v) is 12.3. The third-order valence-electron chi connectivity index (χ3n) is 3.81. The Balaban J connectivity index is 1.84. The highest BCUT2D eigenvalue weighted by Gasteiger charge is 2.35. The SMILES string of the molecule is O=c1[nH]c(C(F)(F)F)nc2c1CCN(Cc1ccc(F)c(F)c1)C2. The van der Waals surface area contributed by atoms with Gasteiger partial charge in [-0.1, -0.05) is 6.07 Å². The van der Waals surface area contributed by atoms with Crippen LogP contribution in [-0.4, -0.2) is 21.4 Å². The molecule has 0 bridgehead atoms. The molecule has 1 N–H and O–H groups in total. The van der Waals surface area contributed by atoms with E-state index in [-0.39, 0.29) is 30.8 Å². The number of aromatic nitrogens is 2. The number of benzene rings is 1. The molecule has 24 heavy (non-hydrogen) atoms. The van der Waals surface area contributed by atoms with Crippen molar-refractivity contribution >= 4 is 0 Å². The molecule has 128 valence electrons. The maximum absolute atomic E-state index is 13.2. The van der Waals surface area contributed by atoms with Crippen LogP contribution in [0.25, 0.3) is 0 Å². The second kappa shape index (κ2) is 5.97. The molecule has 2 heterocycles. The van der Waals surface area contributed by atoms with Gasteiger partial charge < -0.3 is 4.98 Å². The molecule has 1 aromatic heterocycles. The summed E-state index contributed by atoms with van der Waals surface area (Å²) >= 11 is 0. The number of hydrogen-bond donors (Lipinski definition) is 1. The lowest BCUT2D eigenvalue weighted by Gasteiger charge is -2.27. The molecule has 0 aliphatic carbocycles. The molecule has 1 aliphatic rings. The number of aromatic amines is 1. The Morgan fingerprint density at radius 3 is 2.62 bits per heavy atom. The summed E-state index contributed by atoms with van der Waals surface area (Å²) in [6.07, 6.45) is -4.50. The van der Waals surface area contributed by atoms with Crippen molar-refractivity contribution in [2.45, 2.75) is 25.7 Å². The van der Waals surface area contributed by atoms with E-state index in [2.05, 4.69) is 4.98 Å². The molecule has 0 atom stereocenters. The third kappa shape index (κ3) is 3.30. The predicted molar refractivity (Wildman–Crippen MR) is 74.0 cm³/mol. The van der Waals surface area contributed by atoms with Gasteiger partial charge in [-0.3, -0.25) is 9.69 Å². The summed E-state index contributed by atoms with van der Waals surface area (Å²) in [5, 5.41) is 0. The highest BCUT2D eigenvalue weighted by Crippen LogP contribution is 2.27. The van der Waals surface area contributed by atoms with E-state index < -0.39 is 29.2 Å². The van der Waals surface area contributed by atoms with E-state index in [1.807, 2.05) is 0 Å². The molecule has 0 saturated carbocycles. The van der Waals surface area contributed by atoms with E-state index >= 15 is 0 Å². The highest BCUT2D eigenvalue weighted by molar-refractivity contribution is 5.23. The van der Waals surface area contributed by atoms with E-state index in [0.717, 1.165) is 12.1 Å². The van der Waals surface area contributed by atoms with Gasteiger partial charge in [-0.25, -0.2) is 13.8 Å². The normalized spacial score (nSPS) is 15.4. The summed E-state index contributed by atoms with van der Waals surface area (Å²) in [4.78, 5) is 18.8. The van der Waals surface area contributed by atoms with Crippen LogP contribution in [-0.2, 0) is 25.7 Å². The Morgan fingerprint density at radius 2 is 1.96 bits per heavy atom. The second-order valence-electron chi connectivity index (χ2n) is 5.55. The van der Waals surface area contributed by atoms with Gasteiger partial charge in [0.15, 0.2) is 11.6 Å². The van der Waals surface area contributed by atoms with Crippen LogP contribution in [0, 0.1) is 11.6 Å². The van der Waals surface area contributed by atoms with Crippen LogP contribution in [0.5, 0.6) is 0 Å². The van der Waals surface area contributed by atoms with Gasteiger partial charge in [0.2, 0.25) is 5.82 Å². The molecule has 0 saturated heterocycles. The van der Waals surface area contributed by atoms with Gasteiger partial charge in [0.25, 0.3) is 5.56 Å². The van der Waals surface area contributed by atoms with E-state index in [0.29, 0.717) is 12.1 Å². The summed E-state index contributed by atoms with van der Waals surface area (Å²) in [6, 6.07) is 3.44. The van der Waals surface area contributed by atoms with Crippen molar-refractivity contribution in [3.05, 3.63) is 62.8 Å². The van der Waals surface area contributed by atoms with Crippen molar-refractivity contribution < 1.29 is 22.0 Å². The smallest absolute Gasteiger partial charge is 0.303 e. The first-order chi connectivity index (χ1) is 11.2. The average Bonchev–Trinajstić information content (AvgIpc) is 2.50. The van der Waals surface area contributed by atoms with Crippen molar-refractivity contribution in [2.75, 3.05) is 6.54 Å². The number of alkyl halides is 3. The third-order valence-corrected chi connectivity index (χ3v) is 3.81. The molecule has 0 fully saturated rings. The van der Waals surface area contributed by atoms with Crippen LogP contribution in [0.3, 0.4) is 0 Å². The van der Waals surface area contributed by atoms with Crippen LogP contribution in [0.1, 0.15) is 22.6 Å². The van der Waals surface area contributed by atoms with Gasteiger partial charge in [0.1, 0.15) is 0 Å². The summed E-state index contributed by atoms with van der Waals surface area (Å²) in [5.74, 6) is -3.29. The molecule has 1 aromatic carbocycles. The Labute approximate surface area is 132 Å². The van der Waals surface area contributed by atoms with Crippen molar-refractivity contribution in [1.29, 1.82) is 0 Å². The molecule has 0 radical (unpaired) electrons. The lowest BCUT2D eigenvalue weighted by Crippen LogP contribution is -2.36. The zero-order valence-electron chi connectivity index (χ0n) is 12.3. The fourth-order valence-electron chi connectivity index (χ4n) is 2.66. The minimum Gasteiger partial charge on any atom is -0.303 e. The van der Waals surface area contributed by atoms with Crippen molar-refractivity contribution in [1.82, 2.24) is 14.9 Å². The first kappa shape index (κ1) is 16.6. The second-order valence-corrected chi connectivity index (χ2v) is 5.55. The van der Waals surface area contributed by atoms with Crippen LogP contribution < -0.4 is 5.56 Å². The molecule has 0 unspecified atom stereocenters. The van der Waals surface area contributed by atoms with Crippen molar-refractivity contribution in [2.24, 2.45) is 0 Å². The first-order valence-electron chi connectivity index (χ1n) is 7.09. The summed E-state index contributed by atoms with van der Waals surface area (Å²) in [6.45, 7) is 0.649. The van der Waals surface area contributed by atoms with Gasteiger partial charge in [0, 0.05) is 25.2 Å². The first-order valence-corrected chi connectivity index (χ1v) is 7.09. The summed E-state index contributed by atoms with van der Waals surface area (Å²) in [7, 11) is 0. The Morgan fingerprint density at radius 1 is 1.21 bits per heavy atom. The number of fused-ring (bicyclic) bond motifs is 1. The van der Waals surface area contributed by atoms with Crippen LogP contribution >= 0.6 is 0 Å². The fraction of sp³-hybridized carbons (Fsp3) is 0.333. The Bertz CT molecular complexity index is 831. The molecule has 0 amide bonds. The highest BCUT2D eigenvalue weighted by atomic mass is 19.4. The van der Waals surface area contributed by atoms with Gasteiger partial charge in [-0.05, 0) is 24.1 Å². The summed E-state index contributed by atoms with van der Waals surface area (Å²) < 4.78 is 64.4. The largest absolute Gasteiger partial charge is 0.449 e. The summed E-state index contributed by atoms with van der Waals surface area (Å²) in [5.41, 5.74) is -0.0255. The minimum atomic E-state index is -4.74. The zero-order chi connectivity index (χ0) is 17.5. The minimum absolute atomic E-state index is 0.0291. The number of nitrogens with one attached hydrogen (secondary N) is 1. The average molecular weight is 345 g/mol. The van der Waals surface area contributed by atoms with Crippen molar-refractivity contribution in [3.63, 3.8) is 0 Å². The van der Waals surface area contributed by atoms with Crippen LogP contribution in [0.4, 0.5) is 22.0 Å². The fourth-order valence-corrected chi connectivity index (χ4v) is 2.66. The monoisotopic (exact) mass is 345 g/mol. The number of H-pyrrole nitrogens is 1. The quantitative estimate of drug-likeness (QED) is 0.852. The molecule has 4 nitrogen and oxygen atoms in total. The number of rotatable bonds is 2. The van der Waals surface area contributed by atoms with Crippen LogP contribution in [0.2, 0.25) is 0 Å². The van der Waals surface area contributed by atoms with E-state index in [9.17, 15) is 26.7 Å². The van der Waals surface area contributed by atoms with E-state index in [4.69, 9.17) is 0 Å². The molecule has 2 aromatic rings. The van der Waals surface area contributed by atoms with Gasteiger partial charge >= 0.3 is 6.18 Å². The Kier molecular flexibility index (Phi) is 4.12. The maximum atomic E-state index is 13.2. The Hall–Kier alpha value is -2.29. The lowest BCUT2D eigenvalue weighted by molar-refractivity contribution is -0.145. The molecule has 3 rings (SSSR count). The predicted octanol–water partition coefficient (Wildman–Crippen LogP) is 2.63. The van der Waals surface area contributed by atoms with Crippen LogP contribution in [0.15, 0.2) is 23.0 Å². The molecular weight excluding hydrogens is 333 g/mol. The van der Waals surface area contributed by atoms with E-state index in [1.165, 1.54) is 6.07 Å². The van der Waals surface area contributed by atoms with Gasteiger partial charge in [-0.15, -0.1) is 0 Å². The lowest BCUT2D eigenvalue weighted by atomic mass is 10.1. The maximum Gasteiger partial charge on any atom is 0.449 e. The van der Waals surface area contributed by atoms with Crippen molar-refractivity contribution in [3.8, 4) is 0 Å². The number of hydrogen-bond acceptors (Lipinski definition) is 3. The van der Waals surface area contributed by atoms with Gasteiger partial charge in [-0.2, -0.15) is 13.2 Å².